The Kier molecular flexibility index (Phi) is 6.11. The summed E-state index contributed by atoms with van der Waals surface area (Å²) in [5, 5.41) is 0. The largest absolute Gasteiger partial charge is 0.454 e. The van der Waals surface area contributed by atoms with Gasteiger partial charge in [-0.15, -0.1) is 0 Å². The lowest BCUT2D eigenvalue weighted by Gasteiger charge is -2.28. The molecule has 5 rings (SSSR count). The highest BCUT2D eigenvalue weighted by Crippen LogP contribution is 2.35. The van der Waals surface area contributed by atoms with E-state index in [1.165, 1.54) is 28.6 Å². The first-order valence-electron chi connectivity index (χ1n) is 11.4. The lowest BCUT2D eigenvalue weighted by Crippen LogP contribution is -2.38. The van der Waals surface area contributed by atoms with Crippen LogP contribution in [0.15, 0.2) is 52.3 Å². The third-order valence-corrected chi connectivity index (χ3v) is 10.5. The summed E-state index contributed by atoms with van der Waals surface area (Å²) >= 11 is 0. The quantitative estimate of drug-likeness (QED) is 0.589. The van der Waals surface area contributed by atoms with Crippen molar-refractivity contribution in [3.63, 3.8) is 0 Å². The highest BCUT2D eigenvalue weighted by Gasteiger charge is 2.34. The van der Waals surface area contributed by atoms with Gasteiger partial charge in [0.15, 0.2) is 11.5 Å². The molecule has 0 amide bonds. The van der Waals surface area contributed by atoms with E-state index in [-0.39, 0.29) is 29.2 Å². The van der Waals surface area contributed by atoms with Crippen molar-refractivity contribution >= 4 is 20.0 Å². The molecule has 1 aliphatic carbocycles. The predicted octanol–water partition coefficient (Wildman–Crippen LogP) is 3.33. The number of nitrogens with zero attached hydrogens (tertiary/aromatic N) is 2. The predicted molar refractivity (Wildman–Crippen MR) is 122 cm³/mol. The minimum atomic E-state index is -3.83. The molecule has 178 valence electrons. The van der Waals surface area contributed by atoms with Gasteiger partial charge in [-0.3, -0.25) is 0 Å². The second-order valence-corrected chi connectivity index (χ2v) is 12.6. The van der Waals surface area contributed by atoms with Gasteiger partial charge in [-0.05, 0) is 67.6 Å². The van der Waals surface area contributed by atoms with E-state index < -0.39 is 20.0 Å². The first kappa shape index (κ1) is 22.6. The van der Waals surface area contributed by atoms with Crippen molar-refractivity contribution in [2.75, 3.05) is 19.9 Å². The van der Waals surface area contributed by atoms with Gasteiger partial charge in [0.1, 0.15) is 0 Å². The van der Waals surface area contributed by atoms with Gasteiger partial charge in [-0.2, -0.15) is 8.61 Å². The maximum Gasteiger partial charge on any atom is 0.243 e. The Morgan fingerprint density at radius 3 is 2.15 bits per heavy atom. The Balaban J connectivity index is 1.43. The van der Waals surface area contributed by atoms with E-state index in [1.54, 1.807) is 10.4 Å². The van der Waals surface area contributed by atoms with Gasteiger partial charge < -0.3 is 9.47 Å². The number of rotatable bonds is 7. The van der Waals surface area contributed by atoms with Crippen LogP contribution >= 0.6 is 0 Å². The van der Waals surface area contributed by atoms with Crippen LogP contribution in [0, 0.1) is 0 Å². The topological polar surface area (TPSA) is 93.2 Å². The third kappa shape index (κ3) is 4.37. The fourth-order valence-electron chi connectivity index (χ4n) is 4.82. The molecule has 2 aromatic carbocycles. The Labute approximate surface area is 195 Å². The zero-order valence-corrected chi connectivity index (χ0v) is 20.0. The lowest BCUT2D eigenvalue weighted by atomic mass is 10.1. The summed E-state index contributed by atoms with van der Waals surface area (Å²) in [6.45, 7) is 1.40. The molecule has 33 heavy (non-hydrogen) atoms. The first-order chi connectivity index (χ1) is 15.9. The lowest BCUT2D eigenvalue weighted by molar-refractivity contribution is 0.174. The van der Waals surface area contributed by atoms with Gasteiger partial charge in [0.05, 0.1) is 9.79 Å². The van der Waals surface area contributed by atoms with Gasteiger partial charge >= 0.3 is 0 Å². The molecule has 10 heteroatoms. The van der Waals surface area contributed by atoms with Crippen molar-refractivity contribution in [3.05, 3.63) is 48.0 Å². The summed E-state index contributed by atoms with van der Waals surface area (Å²) in [7, 11) is -7.42. The molecule has 0 spiro atoms. The van der Waals surface area contributed by atoms with Gasteiger partial charge in [-0.25, -0.2) is 16.8 Å². The number of sulfonamides is 2. The molecule has 1 saturated carbocycles. The molecule has 3 aliphatic rings. The van der Waals surface area contributed by atoms with Crippen LogP contribution < -0.4 is 9.47 Å². The van der Waals surface area contributed by atoms with E-state index in [0.29, 0.717) is 24.6 Å². The average Bonchev–Trinajstić information content (AvgIpc) is 3.59. The van der Waals surface area contributed by atoms with Crippen LogP contribution in [0.4, 0.5) is 0 Å². The zero-order chi connectivity index (χ0) is 23.1. The van der Waals surface area contributed by atoms with Crippen molar-refractivity contribution in [2.24, 2.45) is 0 Å². The summed E-state index contributed by atoms with van der Waals surface area (Å²) < 4.78 is 66.8. The minimum absolute atomic E-state index is 0.0894. The van der Waals surface area contributed by atoms with Crippen molar-refractivity contribution < 1.29 is 26.3 Å². The SMILES string of the molecule is O=S(=O)(c1ccc(S(=O)(=O)N(Cc2ccc3c(c2)OCO3)C2CCCC2)cc1)N1CCCC1. The molecule has 2 aliphatic heterocycles. The van der Waals surface area contributed by atoms with E-state index in [0.717, 1.165) is 44.1 Å². The second kappa shape index (κ2) is 8.90. The van der Waals surface area contributed by atoms with Crippen LogP contribution in [0.25, 0.3) is 0 Å². The summed E-state index contributed by atoms with van der Waals surface area (Å²) in [5.74, 6) is 1.27. The van der Waals surface area contributed by atoms with E-state index in [2.05, 4.69) is 0 Å². The Morgan fingerprint density at radius 2 is 1.45 bits per heavy atom. The van der Waals surface area contributed by atoms with Crippen LogP contribution in [0.1, 0.15) is 44.1 Å². The first-order valence-corrected chi connectivity index (χ1v) is 14.2. The number of ether oxygens (including phenoxy) is 2. The van der Waals surface area contributed by atoms with Gasteiger partial charge in [0.2, 0.25) is 26.8 Å². The van der Waals surface area contributed by atoms with Gasteiger partial charge in [-0.1, -0.05) is 18.9 Å². The van der Waals surface area contributed by atoms with Crippen LogP contribution in [0.5, 0.6) is 11.5 Å². The third-order valence-electron chi connectivity index (χ3n) is 6.64. The van der Waals surface area contributed by atoms with Crippen LogP contribution in [0.2, 0.25) is 0 Å². The molecule has 0 radical (unpaired) electrons. The molecule has 0 unspecified atom stereocenters. The molecule has 0 bridgehead atoms. The summed E-state index contributed by atoms with van der Waals surface area (Å²) in [4.78, 5) is 0.238. The summed E-state index contributed by atoms with van der Waals surface area (Å²) in [6, 6.07) is 11.0. The van der Waals surface area contributed by atoms with E-state index in [1.807, 2.05) is 12.1 Å². The molecule has 0 atom stereocenters. The van der Waals surface area contributed by atoms with E-state index in [9.17, 15) is 16.8 Å². The Morgan fingerprint density at radius 1 is 0.818 bits per heavy atom. The van der Waals surface area contributed by atoms with E-state index in [4.69, 9.17) is 9.47 Å². The molecular formula is C23H28N2O6S2. The Hall–Kier alpha value is -2.14. The standard InChI is InChI=1S/C23H28N2O6S2/c26-32(27,24-13-3-4-14-24)20-8-10-21(11-9-20)33(28,29)25(19-5-1-2-6-19)16-18-7-12-22-23(15-18)31-17-30-22/h7-12,15,19H,1-6,13-14,16-17H2. The minimum Gasteiger partial charge on any atom is -0.454 e. The molecule has 8 nitrogen and oxygen atoms in total. The molecule has 2 heterocycles. The molecule has 2 fully saturated rings. The highest BCUT2D eigenvalue weighted by atomic mass is 32.2. The maximum atomic E-state index is 13.7. The average molecular weight is 493 g/mol. The zero-order valence-electron chi connectivity index (χ0n) is 18.4. The molecule has 0 N–H and O–H groups in total. The summed E-state index contributed by atoms with van der Waals surface area (Å²) in [5.41, 5.74) is 0.822. The Bertz CT molecular complexity index is 1220. The smallest absolute Gasteiger partial charge is 0.243 e. The number of hydrogen-bond acceptors (Lipinski definition) is 6. The molecular weight excluding hydrogens is 464 g/mol. The van der Waals surface area contributed by atoms with Crippen molar-refractivity contribution in [2.45, 2.75) is 60.9 Å². The van der Waals surface area contributed by atoms with Crippen molar-refractivity contribution in [1.82, 2.24) is 8.61 Å². The second-order valence-electron chi connectivity index (χ2n) is 8.76. The number of hydrogen-bond donors (Lipinski definition) is 0. The highest BCUT2D eigenvalue weighted by molar-refractivity contribution is 7.89. The van der Waals surface area contributed by atoms with Crippen LogP contribution in [-0.4, -0.2) is 51.4 Å². The monoisotopic (exact) mass is 492 g/mol. The van der Waals surface area contributed by atoms with Crippen LogP contribution in [-0.2, 0) is 26.6 Å². The van der Waals surface area contributed by atoms with Gasteiger partial charge in [0.25, 0.3) is 0 Å². The molecule has 2 aromatic rings. The van der Waals surface area contributed by atoms with E-state index >= 15 is 0 Å². The van der Waals surface area contributed by atoms with Crippen molar-refractivity contribution in [1.29, 1.82) is 0 Å². The molecule has 1 saturated heterocycles. The number of fused-ring (bicyclic) bond motifs is 1. The molecule has 0 aromatic heterocycles. The summed E-state index contributed by atoms with van der Waals surface area (Å²) in [6.07, 6.45) is 5.30. The normalized spacial score (nSPS) is 19.5. The number of benzene rings is 2. The fraction of sp³-hybridized carbons (Fsp3) is 0.478. The van der Waals surface area contributed by atoms with Gasteiger partial charge in [0, 0.05) is 25.7 Å². The maximum absolute atomic E-state index is 13.7. The van der Waals surface area contributed by atoms with Crippen LogP contribution in [0.3, 0.4) is 0 Å². The van der Waals surface area contributed by atoms with Crippen molar-refractivity contribution in [3.8, 4) is 11.5 Å². The fourth-order valence-corrected chi connectivity index (χ4v) is 8.01.